The fourth-order valence-electron chi connectivity index (χ4n) is 3.02. The van der Waals surface area contributed by atoms with Gasteiger partial charge in [0.2, 0.25) is 5.91 Å². The Labute approximate surface area is 127 Å². The monoisotopic (exact) mass is 329 g/mol. The molecule has 1 atom stereocenters. The molecule has 0 spiro atoms. The Morgan fingerprint density at radius 3 is 2.55 bits per heavy atom. The van der Waals surface area contributed by atoms with Gasteiger partial charge in [0.25, 0.3) is 0 Å². The zero-order valence-electron chi connectivity index (χ0n) is 11.6. The number of carbonyl (C=O) groups is 1. The first kappa shape index (κ1) is 13.4. The predicted octanol–water partition coefficient (Wildman–Crippen LogP) is 4.12. The minimum atomic E-state index is -0.150. The number of carbonyl (C=O) groups excluding carboxylic acids is 1. The molecule has 3 rings (SSSR count). The Morgan fingerprint density at radius 2 is 1.90 bits per heavy atom. The average Bonchev–Trinajstić information content (AvgIpc) is 2.74. The van der Waals surface area contributed by atoms with E-state index in [4.69, 9.17) is 0 Å². The molecule has 1 heterocycles. The second kappa shape index (κ2) is 4.74. The predicted molar refractivity (Wildman–Crippen MR) is 85.1 cm³/mol. The Morgan fingerprint density at radius 1 is 1.20 bits per heavy atom. The molecule has 0 aliphatic carbocycles. The Hall–Kier alpha value is -1.61. The van der Waals surface area contributed by atoms with E-state index in [1.807, 2.05) is 23.1 Å². The first-order valence-corrected chi connectivity index (χ1v) is 7.45. The Balaban J connectivity index is 2.20. The maximum atomic E-state index is 11.9. The van der Waals surface area contributed by atoms with E-state index in [-0.39, 0.29) is 11.3 Å². The van der Waals surface area contributed by atoms with Crippen molar-refractivity contribution in [2.75, 3.05) is 11.4 Å². The van der Waals surface area contributed by atoms with Crippen molar-refractivity contribution in [1.82, 2.24) is 0 Å². The van der Waals surface area contributed by atoms with Gasteiger partial charge in [-0.15, -0.1) is 0 Å². The van der Waals surface area contributed by atoms with Crippen LogP contribution in [0, 0.1) is 0 Å². The maximum absolute atomic E-state index is 11.9. The fourth-order valence-corrected chi connectivity index (χ4v) is 3.36. The summed E-state index contributed by atoms with van der Waals surface area (Å²) in [7, 11) is 0. The first-order valence-electron chi connectivity index (χ1n) is 6.66. The van der Waals surface area contributed by atoms with Crippen LogP contribution in [-0.2, 0) is 10.2 Å². The van der Waals surface area contributed by atoms with Crippen molar-refractivity contribution in [2.45, 2.75) is 19.3 Å². The molecule has 1 aliphatic heterocycles. The van der Waals surface area contributed by atoms with Crippen molar-refractivity contribution in [3.8, 4) is 0 Å². The standard InChI is InChI=1S/C17H16BrNO/c1-12(20)19-11-17(2,13-6-4-3-5-7-13)15-9-8-14(18)10-16(15)19/h3-10H,11H2,1-2H3. The van der Waals surface area contributed by atoms with E-state index in [0.717, 1.165) is 10.2 Å². The van der Waals surface area contributed by atoms with Crippen LogP contribution in [0.2, 0.25) is 0 Å². The van der Waals surface area contributed by atoms with Gasteiger partial charge in [-0.05, 0) is 30.2 Å². The molecule has 0 bridgehead atoms. The number of amides is 1. The van der Waals surface area contributed by atoms with Crippen LogP contribution in [0.4, 0.5) is 5.69 Å². The Kier molecular flexibility index (Phi) is 3.17. The summed E-state index contributed by atoms with van der Waals surface area (Å²) in [5, 5.41) is 0. The zero-order chi connectivity index (χ0) is 14.3. The van der Waals surface area contributed by atoms with Gasteiger partial charge in [-0.2, -0.15) is 0 Å². The number of halogens is 1. The molecule has 0 aromatic heterocycles. The van der Waals surface area contributed by atoms with E-state index >= 15 is 0 Å². The van der Waals surface area contributed by atoms with Crippen molar-refractivity contribution < 1.29 is 4.79 Å². The van der Waals surface area contributed by atoms with Crippen LogP contribution in [0.1, 0.15) is 25.0 Å². The fraction of sp³-hybridized carbons (Fsp3) is 0.235. The summed E-state index contributed by atoms with van der Waals surface area (Å²) in [6, 6.07) is 16.6. The second-order valence-electron chi connectivity index (χ2n) is 5.46. The molecule has 2 aromatic carbocycles. The summed E-state index contributed by atoms with van der Waals surface area (Å²) >= 11 is 3.50. The van der Waals surface area contributed by atoms with Gasteiger partial charge in [-0.25, -0.2) is 0 Å². The number of fused-ring (bicyclic) bond motifs is 1. The van der Waals surface area contributed by atoms with Crippen LogP contribution in [0.15, 0.2) is 53.0 Å². The maximum Gasteiger partial charge on any atom is 0.223 e. The summed E-state index contributed by atoms with van der Waals surface area (Å²) in [5.41, 5.74) is 3.32. The van der Waals surface area contributed by atoms with Crippen LogP contribution < -0.4 is 4.90 Å². The highest BCUT2D eigenvalue weighted by molar-refractivity contribution is 9.10. The summed E-state index contributed by atoms with van der Waals surface area (Å²) < 4.78 is 1.000. The number of benzene rings is 2. The molecule has 1 unspecified atom stereocenters. The van der Waals surface area contributed by atoms with Gasteiger partial charge in [0.1, 0.15) is 0 Å². The molecule has 1 amide bonds. The molecule has 0 N–H and O–H groups in total. The van der Waals surface area contributed by atoms with E-state index in [0.29, 0.717) is 6.54 Å². The highest BCUT2D eigenvalue weighted by Crippen LogP contribution is 2.45. The lowest BCUT2D eigenvalue weighted by atomic mass is 9.78. The zero-order valence-corrected chi connectivity index (χ0v) is 13.1. The average molecular weight is 330 g/mol. The molecule has 0 saturated heterocycles. The van der Waals surface area contributed by atoms with Crippen LogP contribution >= 0.6 is 15.9 Å². The molecular weight excluding hydrogens is 314 g/mol. The third-order valence-corrected chi connectivity index (χ3v) is 4.60. The highest BCUT2D eigenvalue weighted by Gasteiger charge is 2.41. The Bertz CT molecular complexity index is 668. The summed E-state index contributed by atoms with van der Waals surface area (Å²) in [5.74, 6) is 0.0870. The van der Waals surface area contributed by atoms with E-state index in [9.17, 15) is 4.79 Å². The van der Waals surface area contributed by atoms with Crippen LogP contribution in [0.25, 0.3) is 0 Å². The lowest BCUT2D eigenvalue weighted by Gasteiger charge is -2.26. The third-order valence-electron chi connectivity index (χ3n) is 4.11. The highest BCUT2D eigenvalue weighted by atomic mass is 79.9. The summed E-state index contributed by atoms with van der Waals surface area (Å²) in [6.45, 7) is 4.53. The van der Waals surface area contributed by atoms with E-state index in [1.165, 1.54) is 11.1 Å². The molecule has 0 radical (unpaired) electrons. The molecule has 2 aromatic rings. The van der Waals surface area contributed by atoms with Gasteiger partial charge in [-0.1, -0.05) is 52.3 Å². The smallest absolute Gasteiger partial charge is 0.223 e. The minimum absolute atomic E-state index is 0.0870. The van der Waals surface area contributed by atoms with Gasteiger partial charge in [0, 0.05) is 29.0 Å². The van der Waals surface area contributed by atoms with Gasteiger partial charge in [0.15, 0.2) is 0 Å². The summed E-state index contributed by atoms with van der Waals surface area (Å²) in [6.07, 6.45) is 0. The van der Waals surface area contributed by atoms with Gasteiger partial charge >= 0.3 is 0 Å². The molecule has 3 heteroatoms. The third kappa shape index (κ3) is 1.97. The lowest BCUT2D eigenvalue weighted by Crippen LogP contribution is -2.34. The molecule has 2 nitrogen and oxygen atoms in total. The largest absolute Gasteiger partial charge is 0.311 e. The molecule has 20 heavy (non-hydrogen) atoms. The van der Waals surface area contributed by atoms with Crippen LogP contribution in [0.5, 0.6) is 0 Å². The van der Waals surface area contributed by atoms with Crippen LogP contribution in [-0.4, -0.2) is 12.5 Å². The summed E-state index contributed by atoms with van der Waals surface area (Å²) in [4.78, 5) is 13.8. The quantitative estimate of drug-likeness (QED) is 0.770. The first-order chi connectivity index (χ1) is 9.52. The van der Waals surface area contributed by atoms with Crippen molar-refractivity contribution in [3.63, 3.8) is 0 Å². The second-order valence-corrected chi connectivity index (χ2v) is 6.38. The SMILES string of the molecule is CC(=O)N1CC(C)(c2ccccc2)c2ccc(Br)cc21. The van der Waals surface area contributed by atoms with Crippen molar-refractivity contribution >= 4 is 27.5 Å². The van der Waals surface area contributed by atoms with Gasteiger partial charge in [0.05, 0.1) is 0 Å². The molecule has 0 fully saturated rings. The number of rotatable bonds is 1. The number of nitrogens with zero attached hydrogens (tertiary/aromatic N) is 1. The molecule has 102 valence electrons. The number of anilines is 1. The van der Waals surface area contributed by atoms with Crippen molar-refractivity contribution in [3.05, 3.63) is 64.1 Å². The van der Waals surface area contributed by atoms with E-state index < -0.39 is 0 Å². The van der Waals surface area contributed by atoms with Crippen molar-refractivity contribution in [2.24, 2.45) is 0 Å². The van der Waals surface area contributed by atoms with Gasteiger partial charge in [-0.3, -0.25) is 4.79 Å². The topological polar surface area (TPSA) is 20.3 Å². The van der Waals surface area contributed by atoms with Crippen LogP contribution in [0.3, 0.4) is 0 Å². The molecule has 0 saturated carbocycles. The van der Waals surface area contributed by atoms with Crippen molar-refractivity contribution in [1.29, 1.82) is 0 Å². The lowest BCUT2D eigenvalue weighted by molar-refractivity contribution is -0.116. The van der Waals surface area contributed by atoms with E-state index in [1.54, 1.807) is 6.92 Å². The number of hydrogen-bond acceptors (Lipinski definition) is 1. The van der Waals surface area contributed by atoms with E-state index in [2.05, 4.69) is 53.2 Å². The molecule has 1 aliphatic rings. The number of hydrogen-bond donors (Lipinski definition) is 0. The minimum Gasteiger partial charge on any atom is -0.311 e. The molecular formula is C17H16BrNO. The van der Waals surface area contributed by atoms with Gasteiger partial charge < -0.3 is 4.90 Å². The normalized spacial score (nSPS) is 20.9.